The minimum atomic E-state index is -3.82. The van der Waals surface area contributed by atoms with Gasteiger partial charge in [0.05, 0.1) is 19.1 Å². The highest BCUT2D eigenvalue weighted by Gasteiger charge is 2.32. The van der Waals surface area contributed by atoms with Crippen molar-refractivity contribution in [3.05, 3.63) is 59.7 Å². The van der Waals surface area contributed by atoms with Gasteiger partial charge in [0, 0.05) is 12.6 Å². The van der Waals surface area contributed by atoms with E-state index >= 15 is 0 Å². The predicted molar refractivity (Wildman–Crippen MR) is 142 cm³/mol. The van der Waals surface area contributed by atoms with Crippen LogP contribution in [0.25, 0.3) is 0 Å². The monoisotopic (exact) mass is 515 g/mol. The van der Waals surface area contributed by atoms with Crippen LogP contribution in [0, 0.1) is 6.92 Å². The van der Waals surface area contributed by atoms with E-state index < -0.39 is 28.5 Å². The Hall–Kier alpha value is -3.07. The summed E-state index contributed by atoms with van der Waals surface area (Å²) in [4.78, 5) is 28.2. The van der Waals surface area contributed by atoms with Crippen LogP contribution in [0.15, 0.2) is 48.5 Å². The van der Waals surface area contributed by atoms with Crippen LogP contribution < -0.4 is 14.4 Å². The van der Waals surface area contributed by atoms with Gasteiger partial charge in [0.25, 0.3) is 0 Å². The number of nitrogens with zero attached hydrogens (tertiary/aromatic N) is 2. The lowest BCUT2D eigenvalue weighted by Crippen LogP contribution is -2.53. The Morgan fingerprint density at radius 3 is 2.39 bits per heavy atom. The summed E-state index contributed by atoms with van der Waals surface area (Å²) < 4.78 is 32.0. The zero-order valence-corrected chi connectivity index (χ0v) is 22.4. The fourth-order valence-corrected chi connectivity index (χ4v) is 5.40. The third kappa shape index (κ3) is 7.22. The highest BCUT2D eigenvalue weighted by Crippen LogP contribution is 2.31. The fourth-order valence-electron chi connectivity index (χ4n) is 4.55. The van der Waals surface area contributed by atoms with Crippen molar-refractivity contribution in [1.82, 2.24) is 10.2 Å². The molecule has 8 nitrogen and oxygen atoms in total. The van der Waals surface area contributed by atoms with E-state index in [9.17, 15) is 18.0 Å². The summed E-state index contributed by atoms with van der Waals surface area (Å²) in [7, 11) is -2.37. The number of hydrogen-bond donors (Lipinski definition) is 1. The number of sulfonamides is 1. The fraction of sp³-hybridized carbons (Fsp3) is 0.481. The van der Waals surface area contributed by atoms with Gasteiger partial charge >= 0.3 is 0 Å². The van der Waals surface area contributed by atoms with Crippen LogP contribution in [0.1, 0.15) is 43.7 Å². The molecule has 1 N–H and O–H groups in total. The molecule has 1 fully saturated rings. The van der Waals surface area contributed by atoms with Crippen molar-refractivity contribution < 1.29 is 22.7 Å². The normalized spacial score (nSPS) is 14.8. The van der Waals surface area contributed by atoms with Gasteiger partial charge in [-0.2, -0.15) is 0 Å². The van der Waals surface area contributed by atoms with E-state index in [2.05, 4.69) is 5.32 Å². The van der Waals surface area contributed by atoms with Crippen LogP contribution >= 0.6 is 0 Å². The first kappa shape index (κ1) is 27.5. The van der Waals surface area contributed by atoms with E-state index in [1.54, 1.807) is 19.1 Å². The number of methoxy groups -OCH3 is 1. The molecule has 0 aromatic heterocycles. The van der Waals surface area contributed by atoms with E-state index in [4.69, 9.17) is 4.74 Å². The van der Waals surface area contributed by atoms with Gasteiger partial charge in [-0.25, -0.2) is 8.42 Å². The largest absolute Gasteiger partial charge is 0.495 e. The molecule has 0 spiro atoms. The number of hydrogen-bond acceptors (Lipinski definition) is 5. The third-order valence-corrected chi connectivity index (χ3v) is 7.76. The zero-order valence-electron chi connectivity index (χ0n) is 21.6. The zero-order chi connectivity index (χ0) is 26.3. The molecule has 36 heavy (non-hydrogen) atoms. The van der Waals surface area contributed by atoms with Crippen molar-refractivity contribution in [3.8, 4) is 5.75 Å². The minimum Gasteiger partial charge on any atom is -0.495 e. The van der Waals surface area contributed by atoms with E-state index in [1.165, 1.54) is 12.0 Å². The van der Waals surface area contributed by atoms with Crippen LogP contribution in [0.5, 0.6) is 5.75 Å². The molecule has 0 saturated heterocycles. The van der Waals surface area contributed by atoms with Gasteiger partial charge < -0.3 is 15.0 Å². The molecule has 9 heteroatoms. The number of carbonyl (C=O) groups is 2. The molecular weight excluding hydrogens is 478 g/mol. The Morgan fingerprint density at radius 2 is 1.78 bits per heavy atom. The highest BCUT2D eigenvalue weighted by molar-refractivity contribution is 7.92. The standard InChI is InChI=1S/C27H37N3O5S/c1-20-14-15-25(35-3)24(18-20)30(36(4,33)34)19-26(31)29(17-16-22-10-6-5-7-11-22)21(2)27(32)28-23-12-8-9-13-23/h5-7,10-11,14-15,18,21,23H,8-9,12-13,16-17,19H2,1-4H3,(H,28,32)/t21-/m0/s1. The van der Waals surface area contributed by atoms with Gasteiger partial charge in [0.1, 0.15) is 18.3 Å². The Bertz CT molecular complexity index is 1150. The highest BCUT2D eigenvalue weighted by atomic mass is 32.2. The van der Waals surface area contributed by atoms with Gasteiger partial charge in [0.15, 0.2) is 0 Å². The summed E-state index contributed by atoms with van der Waals surface area (Å²) >= 11 is 0. The van der Waals surface area contributed by atoms with E-state index in [-0.39, 0.29) is 18.5 Å². The average Bonchev–Trinajstić information content (AvgIpc) is 3.35. The van der Waals surface area contributed by atoms with Crippen LogP contribution in [-0.2, 0) is 26.0 Å². The van der Waals surface area contributed by atoms with E-state index in [1.807, 2.05) is 43.3 Å². The maximum Gasteiger partial charge on any atom is 0.244 e. The second-order valence-electron chi connectivity index (χ2n) is 9.43. The lowest BCUT2D eigenvalue weighted by atomic mass is 10.1. The quantitative estimate of drug-likeness (QED) is 0.496. The van der Waals surface area contributed by atoms with E-state index in [0.717, 1.165) is 47.4 Å². The maximum absolute atomic E-state index is 13.7. The summed E-state index contributed by atoms with van der Waals surface area (Å²) in [6.45, 7) is 3.39. The van der Waals surface area contributed by atoms with Crippen molar-refractivity contribution in [2.75, 3.05) is 30.8 Å². The van der Waals surface area contributed by atoms with Crippen molar-refractivity contribution in [1.29, 1.82) is 0 Å². The number of rotatable bonds is 11. The number of anilines is 1. The molecule has 0 aliphatic heterocycles. The molecule has 0 heterocycles. The molecule has 1 aliphatic carbocycles. The smallest absolute Gasteiger partial charge is 0.244 e. The first-order valence-corrected chi connectivity index (χ1v) is 14.2. The molecule has 196 valence electrons. The van der Waals surface area contributed by atoms with Gasteiger partial charge in [0.2, 0.25) is 21.8 Å². The van der Waals surface area contributed by atoms with Gasteiger partial charge in [-0.1, -0.05) is 49.2 Å². The Balaban J connectivity index is 1.87. The molecule has 1 atom stereocenters. The van der Waals surface area contributed by atoms with Crippen LogP contribution in [0.2, 0.25) is 0 Å². The predicted octanol–water partition coefficient (Wildman–Crippen LogP) is 3.29. The summed E-state index contributed by atoms with van der Waals surface area (Å²) in [5, 5.41) is 3.07. The molecule has 2 aromatic carbocycles. The molecule has 1 aliphatic rings. The Kier molecular flexibility index (Phi) is 9.37. The number of carbonyl (C=O) groups excluding carboxylic acids is 2. The first-order valence-electron chi connectivity index (χ1n) is 12.4. The topological polar surface area (TPSA) is 96.0 Å². The van der Waals surface area contributed by atoms with Crippen molar-refractivity contribution >= 4 is 27.5 Å². The number of benzene rings is 2. The van der Waals surface area contributed by atoms with E-state index in [0.29, 0.717) is 17.9 Å². The molecule has 2 aromatic rings. The Labute approximate surface area is 214 Å². The van der Waals surface area contributed by atoms with Crippen LogP contribution in [0.4, 0.5) is 5.69 Å². The van der Waals surface area contributed by atoms with Crippen LogP contribution in [-0.4, -0.2) is 63.7 Å². The average molecular weight is 516 g/mol. The second kappa shape index (κ2) is 12.3. The third-order valence-electron chi connectivity index (χ3n) is 6.64. The molecule has 2 amide bonds. The molecule has 1 saturated carbocycles. The maximum atomic E-state index is 13.7. The number of ether oxygens (including phenoxy) is 1. The van der Waals surface area contributed by atoms with Gasteiger partial charge in [-0.3, -0.25) is 13.9 Å². The van der Waals surface area contributed by atoms with Gasteiger partial charge in [-0.05, 0) is 56.4 Å². The summed E-state index contributed by atoms with van der Waals surface area (Å²) in [6.07, 6.45) is 5.64. The van der Waals surface area contributed by atoms with Crippen molar-refractivity contribution in [2.45, 2.75) is 58.0 Å². The lowest BCUT2D eigenvalue weighted by molar-refractivity contribution is -0.139. The summed E-state index contributed by atoms with van der Waals surface area (Å²) in [5.41, 5.74) is 2.15. The second-order valence-corrected chi connectivity index (χ2v) is 11.3. The van der Waals surface area contributed by atoms with Crippen molar-refractivity contribution in [2.24, 2.45) is 0 Å². The molecule has 0 unspecified atom stereocenters. The summed E-state index contributed by atoms with van der Waals surface area (Å²) in [5.74, 6) is -0.321. The van der Waals surface area contributed by atoms with Crippen molar-refractivity contribution in [3.63, 3.8) is 0 Å². The van der Waals surface area contributed by atoms with Gasteiger partial charge in [-0.15, -0.1) is 0 Å². The minimum absolute atomic E-state index is 0.120. The summed E-state index contributed by atoms with van der Waals surface area (Å²) in [6, 6.07) is 14.2. The molecule has 0 bridgehead atoms. The molecule has 3 rings (SSSR count). The molecule has 0 radical (unpaired) electrons. The number of amides is 2. The van der Waals surface area contributed by atoms with Crippen LogP contribution in [0.3, 0.4) is 0 Å². The Morgan fingerprint density at radius 1 is 1.11 bits per heavy atom. The molecular formula is C27H37N3O5S. The lowest BCUT2D eigenvalue weighted by Gasteiger charge is -2.32. The number of nitrogens with one attached hydrogen (secondary N) is 1. The SMILES string of the molecule is COc1ccc(C)cc1N(CC(=O)N(CCc1ccccc1)[C@@H](C)C(=O)NC1CCCC1)S(C)(=O)=O. The first-order chi connectivity index (χ1) is 17.1. The number of aryl methyl sites for hydroxylation is 1.